The van der Waals surface area contributed by atoms with Crippen molar-refractivity contribution in [3.8, 4) is 0 Å². The maximum absolute atomic E-state index is 12.1. The Kier molecular flexibility index (Phi) is 7.90. The van der Waals surface area contributed by atoms with Gasteiger partial charge in [0.2, 0.25) is 0 Å². The molecule has 0 amide bonds. The fraction of sp³-hybridized carbons (Fsp3) is 0.538. The molecule has 0 aliphatic carbocycles. The summed E-state index contributed by atoms with van der Waals surface area (Å²) < 4.78 is 10.7. The highest BCUT2D eigenvalue weighted by Gasteiger charge is 2.47. The molecule has 5 heteroatoms. The van der Waals surface area contributed by atoms with Gasteiger partial charge in [-0.25, -0.2) is 0 Å². The normalized spacial score (nSPS) is 10.6. The molecule has 0 saturated heterocycles. The first-order chi connectivity index (χ1) is 8.44. The summed E-state index contributed by atoms with van der Waals surface area (Å²) in [5.41, 5.74) is -1.36. The lowest BCUT2D eigenvalue weighted by molar-refractivity contribution is -0.171. The topological polar surface area (TPSA) is 52.6 Å². The highest BCUT2D eigenvalue weighted by molar-refractivity contribution is 14.1. The second-order valence-corrected chi connectivity index (χ2v) is 5.24. The Labute approximate surface area is 122 Å². The molecule has 0 spiro atoms. The number of esters is 2. The highest BCUT2D eigenvalue weighted by atomic mass is 127. The van der Waals surface area contributed by atoms with Crippen molar-refractivity contribution in [2.24, 2.45) is 5.41 Å². The molecule has 0 rings (SSSR count). The standard InChI is InChI=1S/C13H19IO4/c1-5-8-13(9-10(4)14,11(15)17-6-2)12(16)18-7-3/h5H,1,4,6-9H2,2-3H3. The van der Waals surface area contributed by atoms with Crippen LogP contribution in [-0.4, -0.2) is 25.2 Å². The summed E-state index contributed by atoms with van der Waals surface area (Å²) in [5.74, 6) is -1.16. The summed E-state index contributed by atoms with van der Waals surface area (Å²) in [6.45, 7) is 11.2. The molecule has 0 aliphatic rings. The molecular weight excluding hydrogens is 347 g/mol. The molecule has 0 aliphatic heterocycles. The van der Waals surface area contributed by atoms with E-state index in [0.717, 1.165) is 0 Å². The van der Waals surface area contributed by atoms with E-state index in [-0.39, 0.29) is 26.1 Å². The summed E-state index contributed by atoms with van der Waals surface area (Å²) >= 11 is 1.99. The van der Waals surface area contributed by atoms with Crippen molar-refractivity contribution in [3.05, 3.63) is 22.8 Å². The molecule has 0 N–H and O–H groups in total. The van der Waals surface area contributed by atoms with Crippen LogP contribution in [0.1, 0.15) is 26.7 Å². The van der Waals surface area contributed by atoms with E-state index < -0.39 is 17.4 Å². The molecule has 0 unspecified atom stereocenters. The van der Waals surface area contributed by atoms with Crippen LogP contribution in [-0.2, 0) is 19.1 Å². The first kappa shape index (κ1) is 17.2. The summed E-state index contributed by atoms with van der Waals surface area (Å²) in [4.78, 5) is 24.2. The predicted molar refractivity (Wildman–Crippen MR) is 78.3 cm³/mol. The Morgan fingerprint density at radius 2 is 1.67 bits per heavy atom. The minimum atomic E-state index is -1.36. The Hall–Kier alpha value is -0.850. The maximum atomic E-state index is 12.1. The van der Waals surface area contributed by atoms with Crippen LogP contribution in [0, 0.1) is 5.41 Å². The van der Waals surface area contributed by atoms with E-state index in [1.807, 2.05) is 22.6 Å². The molecule has 0 aromatic rings. The Morgan fingerprint density at radius 1 is 1.22 bits per heavy atom. The van der Waals surface area contributed by atoms with Crippen LogP contribution >= 0.6 is 22.6 Å². The van der Waals surface area contributed by atoms with Crippen molar-refractivity contribution in [1.82, 2.24) is 0 Å². The molecule has 0 aromatic heterocycles. The molecular formula is C13H19IO4. The smallest absolute Gasteiger partial charge is 0.324 e. The van der Waals surface area contributed by atoms with Crippen molar-refractivity contribution in [2.45, 2.75) is 26.7 Å². The zero-order valence-corrected chi connectivity index (χ0v) is 13.0. The van der Waals surface area contributed by atoms with Crippen molar-refractivity contribution in [2.75, 3.05) is 13.2 Å². The zero-order valence-electron chi connectivity index (χ0n) is 10.8. The summed E-state index contributed by atoms with van der Waals surface area (Å²) in [6.07, 6.45) is 1.89. The van der Waals surface area contributed by atoms with Gasteiger partial charge in [-0.1, -0.05) is 12.7 Å². The van der Waals surface area contributed by atoms with Crippen LogP contribution in [0.15, 0.2) is 22.8 Å². The number of allylic oxidation sites excluding steroid dienone is 2. The van der Waals surface area contributed by atoms with E-state index in [0.29, 0.717) is 3.58 Å². The maximum Gasteiger partial charge on any atom is 0.324 e. The first-order valence-corrected chi connectivity index (χ1v) is 6.81. The van der Waals surface area contributed by atoms with E-state index in [4.69, 9.17) is 9.47 Å². The number of hydrogen-bond acceptors (Lipinski definition) is 4. The molecule has 0 fully saturated rings. The van der Waals surface area contributed by atoms with E-state index in [1.54, 1.807) is 13.8 Å². The number of carbonyl (C=O) groups excluding carboxylic acids is 2. The monoisotopic (exact) mass is 366 g/mol. The minimum absolute atomic E-state index is 0.173. The molecule has 102 valence electrons. The van der Waals surface area contributed by atoms with E-state index in [2.05, 4.69) is 13.2 Å². The predicted octanol–water partition coefficient (Wildman–Crippen LogP) is 3.01. The summed E-state index contributed by atoms with van der Waals surface area (Å²) in [7, 11) is 0. The first-order valence-electron chi connectivity index (χ1n) is 5.73. The van der Waals surface area contributed by atoms with E-state index >= 15 is 0 Å². The Morgan fingerprint density at radius 3 is 1.94 bits per heavy atom. The molecule has 0 heterocycles. The zero-order chi connectivity index (χ0) is 14.2. The lowest BCUT2D eigenvalue weighted by Crippen LogP contribution is -2.42. The van der Waals surface area contributed by atoms with Crippen molar-refractivity contribution >= 4 is 34.5 Å². The quantitative estimate of drug-likeness (QED) is 0.287. The Balaban J connectivity index is 5.38. The molecule has 4 nitrogen and oxygen atoms in total. The van der Waals surface area contributed by atoms with Gasteiger partial charge in [0, 0.05) is 6.42 Å². The van der Waals surface area contributed by atoms with Gasteiger partial charge >= 0.3 is 11.9 Å². The third-order valence-corrected chi connectivity index (χ3v) is 2.70. The van der Waals surface area contributed by atoms with Crippen molar-refractivity contribution < 1.29 is 19.1 Å². The number of carbonyl (C=O) groups is 2. The van der Waals surface area contributed by atoms with Crippen LogP contribution in [0.25, 0.3) is 0 Å². The molecule has 0 radical (unpaired) electrons. The second kappa shape index (κ2) is 8.29. The van der Waals surface area contributed by atoms with Crippen molar-refractivity contribution in [3.63, 3.8) is 0 Å². The average Bonchev–Trinajstić information content (AvgIpc) is 2.28. The Bertz CT molecular complexity index is 318. The fourth-order valence-corrected chi connectivity index (χ4v) is 2.23. The second-order valence-electron chi connectivity index (χ2n) is 3.71. The van der Waals surface area contributed by atoms with Gasteiger partial charge in [-0.05, 0) is 46.4 Å². The van der Waals surface area contributed by atoms with Gasteiger partial charge in [0.1, 0.15) is 0 Å². The summed E-state index contributed by atoms with van der Waals surface area (Å²) in [5, 5.41) is 0. The lowest BCUT2D eigenvalue weighted by atomic mass is 9.81. The van der Waals surface area contributed by atoms with Gasteiger partial charge in [0.25, 0.3) is 0 Å². The van der Waals surface area contributed by atoms with Gasteiger partial charge in [0.05, 0.1) is 13.2 Å². The molecule has 0 bridgehead atoms. The number of ether oxygens (including phenoxy) is 2. The SMILES string of the molecule is C=CCC(CC(=C)I)(C(=O)OCC)C(=O)OCC. The van der Waals surface area contributed by atoms with Crippen molar-refractivity contribution in [1.29, 1.82) is 0 Å². The largest absolute Gasteiger partial charge is 0.465 e. The molecule has 0 aromatic carbocycles. The number of rotatable bonds is 8. The molecule has 18 heavy (non-hydrogen) atoms. The van der Waals surface area contributed by atoms with Gasteiger partial charge in [-0.2, -0.15) is 0 Å². The number of halogens is 1. The molecule has 0 atom stereocenters. The lowest BCUT2D eigenvalue weighted by Gasteiger charge is -2.27. The highest BCUT2D eigenvalue weighted by Crippen LogP contribution is 2.35. The van der Waals surface area contributed by atoms with Gasteiger partial charge < -0.3 is 9.47 Å². The van der Waals surface area contributed by atoms with E-state index in [1.165, 1.54) is 6.08 Å². The minimum Gasteiger partial charge on any atom is -0.465 e. The molecule has 0 saturated carbocycles. The van der Waals surface area contributed by atoms with Crippen LogP contribution in [0.4, 0.5) is 0 Å². The van der Waals surface area contributed by atoms with Crippen LogP contribution in [0.5, 0.6) is 0 Å². The van der Waals surface area contributed by atoms with Crippen LogP contribution in [0.2, 0.25) is 0 Å². The van der Waals surface area contributed by atoms with E-state index in [9.17, 15) is 9.59 Å². The van der Waals surface area contributed by atoms with Gasteiger partial charge in [-0.15, -0.1) is 6.58 Å². The summed E-state index contributed by atoms with van der Waals surface area (Å²) in [6, 6.07) is 0. The fourth-order valence-electron chi connectivity index (χ4n) is 1.58. The van der Waals surface area contributed by atoms with Crippen LogP contribution < -0.4 is 0 Å². The third-order valence-electron chi connectivity index (χ3n) is 2.32. The van der Waals surface area contributed by atoms with Crippen LogP contribution in [0.3, 0.4) is 0 Å². The number of hydrogen-bond donors (Lipinski definition) is 0. The third kappa shape index (κ3) is 4.44. The van der Waals surface area contributed by atoms with Gasteiger partial charge in [0.15, 0.2) is 5.41 Å². The average molecular weight is 366 g/mol. The van der Waals surface area contributed by atoms with Gasteiger partial charge in [-0.3, -0.25) is 9.59 Å².